The highest BCUT2D eigenvalue weighted by molar-refractivity contribution is 7.90. The minimum Gasteiger partial charge on any atom is -0.471 e. The molecule has 0 radical (unpaired) electrons. The second-order valence-electron chi connectivity index (χ2n) is 4.27. The second-order valence-corrected chi connectivity index (χ2v) is 7.35. The predicted octanol–water partition coefficient (Wildman–Crippen LogP) is 1.97. The maximum absolute atomic E-state index is 11.1. The van der Waals surface area contributed by atoms with E-state index in [1.807, 2.05) is 13.0 Å². The van der Waals surface area contributed by atoms with E-state index in [9.17, 15) is 8.42 Å². The van der Waals surface area contributed by atoms with Crippen LogP contribution in [0.15, 0.2) is 23.7 Å². The van der Waals surface area contributed by atoms with E-state index >= 15 is 0 Å². The minimum atomic E-state index is -3.04. The topological polar surface area (TPSA) is 69.2 Å². The molecule has 2 rings (SSSR count). The summed E-state index contributed by atoms with van der Waals surface area (Å²) in [5, 5.41) is 2.38. The molecule has 0 saturated carbocycles. The molecule has 5 nitrogen and oxygen atoms in total. The Labute approximate surface area is 116 Å². The first-order valence-corrected chi connectivity index (χ1v) is 8.53. The van der Waals surface area contributed by atoms with Gasteiger partial charge in [0.05, 0.1) is 5.69 Å². The van der Waals surface area contributed by atoms with Crippen molar-refractivity contribution in [2.24, 2.45) is 0 Å². The maximum Gasteiger partial charge on any atom is 0.213 e. The Morgan fingerprint density at radius 1 is 1.37 bits per heavy atom. The van der Waals surface area contributed by atoms with E-state index in [4.69, 9.17) is 4.74 Å². The van der Waals surface area contributed by atoms with Gasteiger partial charge in [0.15, 0.2) is 9.84 Å². The number of rotatable bonds is 5. The van der Waals surface area contributed by atoms with Crippen molar-refractivity contribution in [2.75, 3.05) is 6.26 Å². The van der Waals surface area contributed by atoms with Gasteiger partial charge in [0.25, 0.3) is 0 Å². The van der Waals surface area contributed by atoms with E-state index in [-0.39, 0.29) is 12.4 Å². The third-order valence-electron chi connectivity index (χ3n) is 2.24. The second kappa shape index (κ2) is 5.66. The lowest BCUT2D eigenvalue weighted by Gasteiger charge is -2.02. The fourth-order valence-corrected chi connectivity index (χ4v) is 3.38. The zero-order chi connectivity index (χ0) is 13.9. The third-order valence-corrected chi connectivity index (χ3v) is 4.12. The number of aryl methyl sites for hydroxylation is 1. The van der Waals surface area contributed by atoms with Gasteiger partial charge in [-0.2, -0.15) is 0 Å². The molecule has 2 heterocycles. The first-order valence-electron chi connectivity index (χ1n) is 5.59. The largest absolute Gasteiger partial charge is 0.471 e. The lowest BCUT2D eigenvalue weighted by atomic mass is 10.3. The summed E-state index contributed by atoms with van der Waals surface area (Å²) in [6, 6.07) is 3.71. The van der Waals surface area contributed by atoms with Gasteiger partial charge in [-0.25, -0.2) is 18.4 Å². The third kappa shape index (κ3) is 4.60. The predicted molar refractivity (Wildman–Crippen MR) is 74.0 cm³/mol. The average molecular weight is 298 g/mol. The van der Waals surface area contributed by atoms with Gasteiger partial charge in [0, 0.05) is 23.9 Å². The van der Waals surface area contributed by atoms with Gasteiger partial charge in [-0.3, -0.25) is 0 Å². The van der Waals surface area contributed by atoms with Crippen LogP contribution < -0.4 is 4.74 Å². The normalized spacial score (nSPS) is 11.5. The summed E-state index contributed by atoms with van der Waals surface area (Å²) in [5.74, 6) is 0.503. The average Bonchev–Trinajstić information content (AvgIpc) is 2.73. The molecule has 0 N–H and O–H groups in total. The van der Waals surface area contributed by atoms with E-state index in [0.29, 0.717) is 16.6 Å². The highest BCUT2D eigenvalue weighted by Crippen LogP contribution is 2.15. The highest BCUT2D eigenvalue weighted by Gasteiger charge is 2.09. The molecule has 0 amide bonds. The molecule has 0 aliphatic carbocycles. The van der Waals surface area contributed by atoms with Crippen molar-refractivity contribution in [3.05, 3.63) is 40.0 Å². The number of sulfone groups is 1. The van der Waals surface area contributed by atoms with Gasteiger partial charge in [0.1, 0.15) is 17.4 Å². The fourth-order valence-electron chi connectivity index (χ4n) is 1.39. The van der Waals surface area contributed by atoms with E-state index in [1.165, 1.54) is 17.6 Å². The van der Waals surface area contributed by atoms with Gasteiger partial charge in [-0.1, -0.05) is 6.07 Å². The Hall–Kier alpha value is -1.47. The quantitative estimate of drug-likeness (QED) is 0.844. The molecule has 0 aromatic carbocycles. The van der Waals surface area contributed by atoms with Gasteiger partial charge < -0.3 is 4.74 Å². The van der Waals surface area contributed by atoms with E-state index in [1.54, 1.807) is 17.6 Å². The van der Waals surface area contributed by atoms with Crippen LogP contribution in [-0.2, 0) is 22.2 Å². The Kier molecular flexibility index (Phi) is 4.16. The highest BCUT2D eigenvalue weighted by atomic mass is 32.2. The Morgan fingerprint density at radius 2 is 2.16 bits per heavy atom. The van der Waals surface area contributed by atoms with Crippen LogP contribution in [0.3, 0.4) is 0 Å². The van der Waals surface area contributed by atoms with Gasteiger partial charge in [-0.15, -0.1) is 11.3 Å². The molecule has 0 spiro atoms. The molecule has 0 aliphatic rings. The van der Waals surface area contributed by atoms with Crippen LogP contribution in [0.25, 0.3) is 0 Å². The van der Waals surface area contributed by atoms with E-state index in [2.05, 4.69) is 9.97 Å². The molecule has 2 aromatic heterocycles. The van der Waals surface area contributed by atoms with Crippen molar-refractivity contribution >= 4 is 21.2 Å². The minimum absolute atomic E-state index is 0.0273. The zero-order valence-electron chi connectivity index (χ0n) is 10.7. The monoisotopic (exact) mass is 298 g/mol. The summed E-state index contributed by atoms with van der Waals surface area (Å²) in [6.07, 6.45) is 2.92. The number of hydrogen-bond acceptors (Lipinski definition) is 6. The van der Waals surface area contributed by atoms with Crippen LogP contribution in [0, 0.1) is 6.92 Å². The summed E-state index contributed by atoms with van der Waals surface area (Å²) >= 11 is 1.32. The van der Waals surface area contributed by atoms with E-state index < -0.39 is 9.84 Å². The number of thiazole rings is 1. The standard InChI is InChI=1S/C12H14N2O3S2/c1-9-3-4-11(13-5-9)17-6-10-7-18-12(14-10)8-19(2,15)16/h3-5,7H,6,8H2,1-2H3. The number of hydrogen-bond donors (Lipinski definition) is 0. The van der Waals surface area contributed by atoms with E-state index in [0.717, 1.165) is 5.56 Å². The zero-order valence-corrected chi connectivity index (χ0v) is 12.3. The molecule has 0 fully saturated rings. The lowest BCUT2D eigenvalue weighted by Crippen LogP contribution is -2.01. The molecular formula is C12H14N2O3S2. The SMILES string of the molecule is Cc1ccc(OCc2csc(CS(C)(=O)=O)n2)nc1. The van der Waals surface area contributed by atoms with Crippen LogP contribution in [0.4, 0.5) is 0 Å². The van der Waals surface area contributed by atoms with Crippen molar-refractivity contribution in [1.82, 2.24) is 9.97 Å². The van der Waals surface area contributed by atoms with Crippen LogP contribution >= 0.6 is 11.3 Å². The van der Waals surface area contributed by atoms with Crippen LogP contribution in [0.2, 0.25) is 0 Å². The lowest BCUT2D eigenvalue weighted by molar-refractivity contribution is 0.290. The fraction of sp³-hybridized carbons (Fsp3) is 0.333. The molecule has 0 saturated heterocycles. The van der Waals surface area contributed by atoms with Gasteiger partial charge in [-0.05, 0) is 12.5 Å². The maximum atomic E-state index is 11.1. The first kappa shape index (κ1) is 14.0. The molecule has 0 bridgehead atoms. The van der Waals surface area contributed by atoms with Crippen molar-refractivity contribution in [2.45, 2.75) is 19.3 Å². The Morgan fingerprint density at radius 3 is 2.79 bits per heavy atom. The summed E-state index contributed by atoms with van der Waals surface area (Å²) < 4.78 is 27.8. The number of ether oxygens (including phenoxy) is 1. The molecule has 2 aromatic rings. The number of pyridine rings is 1. The van der Waals surface area contributed by atoms with Crippen LogP contribution in [0.1, 0.15) is 16.3 Å². The van der Waals surface area contributed by atoms with Gasteiger partial charge >= 0.3 is 0 Å². The smallest absolute Gasteiger partial charge is 0.213 e. The Balaban J connectivity index is 1.95. The molecule has 0 unspecified atom stereocenters. The summed E-state index contributed by atoms with van der Waals surface area (Å²) in [6.45, 7) is 2.24. The summed E-state index contributed by atoms with van der Waals surface area (Å²) in [7, 11) is -3.04. The van der Waals surface area contributed by atoms with Gasteiger partial charge in [0.2, 0.25) is 5.88 Å². The van der Waals surface area contributed by atoms with Crippen LogP contribution in [-0.4, -0.2) is 24.6 Å². The number of aromatic nitrogens is 2. The molecule has 19 heavy (non-hydrogen) atoms. The van der Waals surface area contributed by atoms with Crippen molar-refractivity contribution in [3.63, 3.8) is 0 Å². The first-order chi connectivity index (χ1) is 8.92. The summed E-state index contributed by atoms with van der Waals surface area (Å²) in [5.41, 5.74) is 1.78. The molecule has 0 aliphatic heterocycles. The molecular weight excluding hydrogens is 284 g/mol. The van der Waals surface area contributed by atoms with Crippen molar-refractivity contribution < 1.29 is 13.2 Å². The van der Waals surface area contributed by atoms with Crippen LogP contribution in [0.5, 0.6) is 5.88 Å². The van der Waals surface area contributed by atoms with Crippen molar-refractivity contribution in [1.29, 1.82) is 0 Å². The molecule has 7 heteroatoms. The van der Waals surface area contributed by atoms with Crippen molar-refractivity contribution in [3.8, 4) is 5.88 Å². The molecule has 102 valence electrons. The Bertz CT molecular complexity index is 648. The number of nitrogens with zero attached hydrogens (tertiary/aromatic N) is 2. The molecule has 0 atom stereocenters. The summed E-state index contributed by atoms with van der Waals surface area (Å²) in [4.78, 5) is 8.33.